The van der Waals surface area contributed by atoms with E-state index >= 15 is 0 Å². The molecule has 9 heteroatoms. The number of aliphatic carboxylic acids is 1. The molecular weight excluding hydrogens is 324 g/mol. The van der Waals surface area contributed by atoms with E-state index in [0.29, 0.717) is 6.42 Å². The van der Waals surface area contributed by atoms with Crippen LogP contribution in [0.25, 0.3) is 0 Å². The molecular formula is C13H26CaO8. The zero-order valence-electron chi connectivity index (χ0n) is 12.8. The molecule has 0 aliphatic rings. The van der Waals surface area contributed by atoms with Crippen LogP contribution in [0.3, 0.4) is 0 Å². The Morgan fingerprint density at radius 1 is 1.05 bits per heavy atom. The molecule has 0 rings (SSSR count). The second kappa shape index (κ2) is 17.6. The Labute approximate surface area is 159 Å². The maximum atomic E-state index is 9.96. The second-order valence-corrected chi connectivity index (χ2v) is 4.56. The van der Waals surface area contributed by atoms with Gasteiger partial charge in [0.25, 0.3) is 0 Å². The molecule has 22 heavy (non-hydrogen) atoms. The van der Waals surface area contributed by atoms with E-state index < -0.39 is 37.0 Å². The summed E-state index contributed by atoms with van der Waals surface area (Å²) >= 11 is 0. The van der Waals surface area contributed by atoms with E-state index in [9.17, 15) is 9.59 Å². The molecule has 0 aromatic carbocycles. The SMILES string of the molecule is CCCCCCC(=O)O.O=C[C@H](O)[C@@H](O)[C@H](O)[C@H](O)CO.[Ca]. The first kappa shape index (κ1) is 27.1. The van der Waals surface area contributed by atoms with Crippen LogP contribution in [0.5, 0.6) is 0 Å². The number of aliphatic hydroxyl groups excluding tert-OH is 5. The van der Waals surface area contributed by atoms with Gasteiger partial charge in [-0.15, -0.1) is 0 Å². The van der Waals surface area contributed by atoms with Crippen LogP contribution in [0.4, 0.5) is 0 Å². The van der Waals surface area contributed by atoms with Crippen molar-refractivity contribution >= 4 is 50.0 Å². The quantitative estimate of drug-likeness (QED) is 0.154. The third-order valence-electron chi connectivity index (χ3n) is 2.66. The summed E-state index contributed by atoms with van der Waals surface area (Å²) in [7, 11) is 0. The molecule has 0 amide bonds. The van der Waals surface area contributed by atoms with Crippen molar-refractivity contribution in [2.45, 2.75) is 63.4 Å². The largest absolute Gasteiger partial charge is 0.481 e. The van der Waals surface area contributed by atoms with Gasteiger partial charge in [0.05, 0.1) is 6.61 Å². The van der Waals surface area contributed by atoms with E-state index in [2.05, 4.69) is 6.92 Å². The number of aliphatic hydroxyl groups is 5. The molecule has 0 aromatic rings. The minimum atomic E-state index is -1.79. The van der Waals surface area contributed by atoms with Gasteiger partial charge in [-0.05, 0) is 6.42 Å². The van der Waals surface area contributed by atoms with Gasteiger partial charge in [-0.25, -0.2) is 0 Å². The number of carbonyl (C=O) groups is 2. The van der Waals surface area contributed by atoms with Crippen LogP contribution in [0.15, 0.2) is 0 Å². The predicted octanol–water partition coefficient (Wildman–Crippen LogP) is -1.72. The third-order valence-corrected chi connectivity index (χ3v) is 2.66. The van der Waals surface area contributed by atoms with E-state index in [1.807, 2.05) is 0 Å². The summed E-state index contributed by atoms with van der Waals surface area (Å²) in [6.07, 6.45) is -2.28. The molecule has 6 N–H and O–H groups in total. The summed E-state index contributed by atoms with van der Waals surface area (Å²) in [5.74, 6) is -0.675. The van der Waals surface area contributed by atoms with Crippen LogP contribution in [-0.2, 0) is 9.59 Å². The van der Waals surface area contributed by atoms with Gasteiger partial charge in [-0.1, -0.05) is 26.2 Å². The van der Waals surface area contributed by atoms with Crippen LogP contribution in [0, 0.1) is 0 Å². The van der Waals surface area contributed by atoms with Crippen LogP contribution >= 0.6 is 0 Å². The fourth-order valence-corrected chi connectivity index (χ4v) is 1.32. The zero-order chi connectivity index (χ0) is 16.8. The number of hydrogen-bond acceptors (Lipinski definition) is 7. The van der Waals surface area contributed by atoms with Gasteiger partial charge in [-0.3, -0.25) is 4.79 Å². The molecule has 4 atom stereocenters. The Hall–Kier alpha value is 0.200. The standard InChI is InChI=1S/C7H14O2.C6H12O6.Ca/c1-2-3-4-5-6-7(8)9;7-1-3(9)5(11)6(12)4(10)2-8;/h2-6H2,1H3,(H,8,9);1,3-6,8-12H,2H2;/t;3-,4+,5+,6+;/m.0./s1. The summed E-state index contributed by atoms with van der Waals surface area (Å²) in [6, 6.07) is 0. The second-order valence-electron chi connectivity index (χ2n) is 4.56. The molecule has 128 valence electrons. The number of unbranched alkanes of at least 4 members (excludes halogenated alkanes) is 3. The molecule has 0 fully saturated rings. The van der Waals surface area contributed by atoms with E-state index in [-0.39, 0.29) is 44.0 Å². The first-order chi connectivity index (χ1) is 9.81. The Balaban J connectivity index is -0.000000326. The van der Waals surface area contributed by atoms with Crippen LogP contribution in [0.1, 0.15) is 39.0 Å². The molecule has 2 radical (unpaired) electrons. The Morgan fingerprint density at radius 2 is 1.59 bits per heavy atom. The van der Waals surface area contributed by atoms with Gasteiger partial charge >= 0.3 is 5.97 Å². The average Bonchev–Trinajstić information content (AvgIpc) is 2.48. The predicted molar refractivity (Wildman–Crippen MR) is 79.3 cm³/mol. The summed E-state index contributed by atoms with van der Waals surface area (Å²) in [6.45, 7) is 1.35. The Kier molecular flexibility index (Phi) is 21.6. The maximum Gasteiger partial charge on any atom is 0.303 e. The van der Waals surface area contributed by atoms with Gasteiger partial charge < -0.3 is 35.4 Å². The van der Waals surface area contributed by atoms with E-state index in [0.717, 1.165) is 19.3 Å². The summed E-state index contributed by atoms with van der Waals surface area (Å²) in [4.78, 5) is 19.9. The van der Waals surface area contributed by atoms with Crippen molar-refractivity contribution in [3.05, 3.63) is 0 Å². The monoisotopic (exact) mass is 350 g/mol. The number of aldehydes is 1. The topological polar surface area (TPSA) is 156 Å². The summed E-state index contributed by atoms with van der Waals surface area (Å²) < 4.78 is 0. The van der Waals surface area contributed by atoms with Crippen molar-refractivity contribution in [2.75, 3.05) is 6.61 Å². The molecule has 0 unspecified atom stereocenters. The third kappa shape index (κ3) is 15.1. The summed E-state index contributed by atoms with van der Waals surface area (Å²) in [5, 5.41) is 51.7. The first-order valence-corrected chi connectivity index (χ1v) is 6.81. The first-order valence-electron chi connectivity index (χ1n) is 6.81. The number of carboxylic acid groups (broad SMARTS) is 1. The van der Waals surface area contributed by atoms with Gasteiger partial charge in [0.15, 0.2) is 6.29 Å². The van der Waals surface area contributed by atoms with E-state index in [4.69, 9.17) is 30.6 Å². The number of hydrogen-bond donors (Lipinski definition) is 6. The zero-order valence-corrected chi connectivity index (χ0v) is 15.0. The van der Waals surface area contributed by atoms with Crippen LogP contribution in [0.2, 0.25) is 0 Å². The minimum absolute atomic E-state index is 0. The molecule has 0 bridgehead atoms. The molecule has 0 saturated heterocycles. The van der Waals surface area contributed by atoms with Crippen LogP contribution in [-0.4, -0.2) is 112 Å². The van der Waals surface area contributed by atoms with Crippen molar-refractivity contribution in [1.82, 2.24) is 0 Å². The number of carbonyl (C=O) groups excluding carboxylic acids is 1. The normalized spacial score (nSPS) is 15.4. The van der Waals surface area contributed by atoms with Gasteiger partial charge in [-0.2, -0.15) is 0 Å². The summed E-state index contributed by atoms with van der Waals surface area (Å²) in [5.41, 5.74) is 0. The average molecular weight is 350 g/mol. The van der Waals surface area contributed by atoms with E-state index in [1.165, 1.54) is 6.42 Å². The Morgan fingerprint density at radius 3 is 1.95 bits per heavy atom. The fourth-order valence-electron chi connectivity index (χ4n) is 1.32. The molecule has 0 heterocycles. The minimum Gasteiger partial charge on any atom is -0.481 e. The van der Waals surface area contributed by atoms with Crippen molar-refractivity contribution in [1.29, 1.82) is 0 Å². The van der Waals surface area contributed by atoms with Gasteiger partial charge in [0, 0.05) is 44.2 Å². The van der Waals surface area contributed by atoms with Crippen molar-refractivity contribution < 1.29 is 40.2 Å². The molecule has 0 aliphatic heterocycles. The van der Waals surface area contributed by atoms with Gasteiger partial charge in [0.1, 0.15) is 24.4 Å². The van der Waals surface area contributed by atoms with Gasteiger partial charge in [0.2, 0.25) is 0 Å². The van der Waals surface area contributed by atoms with Crippen molar-refractivity contribution in [3.63, 3.8) is 0 Å². The van der Waals surface area contributed by atoms with Crippen molar-refractivity contribution in [2.24, 2.45) is 0 Å². The number of rotatable bonds is 10. The maximum absolute atomic E-state index is 9.96. The fraction of sp³-hybridized carbons (Fsp3) is 0.846. The van der Waals surface area contributed by atoms with Crippen LogP contribution < -0.4 is 0 Å². The molecule has 0 aliphatic carbocycles. The molecule has 0 saturated carbocycles. The molecule has 0 aromatic heterocycles. The van der Waals surface area contributed by atoms with E-state index in [1.54, 1.807) is 0 Å². The van der Waals surface area contributed by atoms with Crippen molar-refractivity contribution in [3.8, 4) is 0 Å². The number of carboxylic acids is 1. The Bertz CT molecular complexity index is 277. The smallest absolute Gasteiger partial charge is 0.303 e. The molecule has 0 spiro atoms. The molecule has 8 nitrogen and oxygen atoms in total.